The van der Waals surface area contributed by atoms with Gasteiger partial charge in [-0.05, 0) is 37.8 Å². The highest BCUT2D eigenvalue weighted by atomic mass is 19.4. The summed E-state index contributed by atoms with van der Waals surface area (Å²) in [5.41, 5.74) is -0.908. The van der Waals surface area contributed by atoms with Crippen molar-refractivity contribution in [1.82, 2.24) is 9.97 Å². The first-order chi connectivity index (χ1) is 11.9. The Bertz CT molecular complexity index is 798. The minimum Gasteiger partial charge on any atom is -0.351 e. The number of halogens is 4. The summed E-state index contributed by atoms with van der Waals surface area (Å²) in [5.74, 6) is -0.140. The van der Waals surface area contributed by atoms with E-state index < -0.39 is 23.2 Å². The first kappa shape index (κ1) is 16.1. The normalized spacial score (nSPS) is 17.4. The summed E-state index contributed by atoms with van der Waals surface area (Å²) in [4.78, 5) is 8.65. The van der Waals surface area contributed by atoms with Crippen LogP contribution in [0.3, 0.4) is 0 Å². The second kappa shape index (κ2) is 5.86. The van der Waals surface area contributed by atoms with Crippen LogP contribution in [0.1, 0.15) is 42.9 Å². The van der Waals surface area contributed by atoms with Crippen molar-refractivity contribution in [2.24, 2.45) is 0 Å². The molecule has 2 aliphatic carbocycles. The number of anilines is 3. The lowest BCUT2D eigenvalue weighted by Crippen LogP contribution is -2.12. The van der Waals surface area contributed by atoms with E-state index in [0.29, 0.717) is 17.9 Å². The molecule has 132 valence electrons. The van der Waals surface area contributed by atoms with Crippen molar-refractivity contribution in [2.45, 2.75) is 43.8 Å². The van der Waals surface area contributed by atoms with E-state index in [-0.39, 0.29) is 5.82 Å². The molecule has 1 aromatic heterocycles. The Morgan fingerprint density at radius 3 is 2.44 bits per heavy atom. The predicted octanol–water partition coefficient (Wildman–Crippen LogP) is 4.83. The standard InChI is InChI=1S/C17H16F4N4/c18-12-3-1-2-11(17(19,20)21)15(12)24-14-8-13(9-4-5-9)23-16(25-14)22-10-6-7-10/h1-3,8-10H,4-7H2,(H2,22,23,24,25). The lowest BCUT2D eigenvalue weighted by molar-refractivity contribution is -0.137. The highest BCUT2D eigenvalue weighted by Gasteiger charge is 2.35. The van der Waals surface area contributed by atoms with Gasteiger partial charge < -0.3 is 10.6 Å². The zero-order valence-corrected chi connectivity index (χ0v) is 13.2. The van der Waals surface area contributed by atoms with Crippen LogP contribution in [0.15, 0.2) is 24.3 Å². The van der Waals surface area contributed by atoms with Crippen LogP contribution in [-0.2, 0) is 6.18 Å². The van der Waals surface area contributed by atoms with E-state index in [9.17, 15) is 17.6 Å². The zero-order chi connectivity index (χ0) is 17.6. The second-order valence-electron chi connectivity index (χ2n) is 6.48. The maximum absolute atomic E-state index is 14.0. The molecule has 8 heteroatoms. The van der Waals surface area contributed by atoms with E-state index in [4.69, 9.17) is 0 Å². The van der Waals surface area contributed by atoms with Gasteiger partial charge in [-0.25, -0.2) is 9.37 Å². The molecule has 0 unspecified atom stereocenters. The van der Waals surface area contributed by atoms with Crippen LogP contribution in [0.25, 0.3) is 0 Å². The van der Waals surface area contributed by atoms with Gasteiger partial charge in [0.2, 0.25) is 5.95 Å². The summed E-state index contributed by atoms with van der Waals surface area (Å²) in [6, 6.07) is 4.78. The highest BCUT2D eigenvalue weighted by molar-refractivity contribution is 5.63. The fourth-order valence-electron chi connectivity index (χ4n) is 2.61. The lowest BCUT2D eigenvalue weighted by atomic mass is 10.1. The molecule has 1 aromatic carbocycles. The number of hydrogen-bond acceptors (Lipinski definition) is 4. The van der Waals surface area contributed by atoms with E-state index in [1.165, 1.54) is 0 Å². The maximum atomic E-state index is 14.0. The molecule has 1 heterocycles. The number of hydrogen-bond donors (Lipinski definition) is 2. The third-order valence-electron chi connectivity index (χ3n) is 4.22. The van der Waals surface area contributed by atoms with E-state index in [1.54, 1.807) is 6.07 Å². The van der Waals surface area contributed by atoms with Crippen LogP contribution in [-0.4, -0.2) is 16.0 Å². The number of nitrogens with zero attached hydrogens (tertiary/aromatic N) is 2. The van der Waals surface area contributed by atoms with Crippen LogP contribution in [0.2, 0.25) is 0 Å². The third kappa shape index (κ3) is 3.67. The van der Waals surface area contributed by atoms with Crippen molar-refractivity contribution in [3.63, 3.8) is 0 Å². The molecule has 0 radical (unpaired) electrons. The topological polar surface area (TPSA) is 49.8 Å². The van der Waals surface area contributed by atoms with Crippen LogP contribution < -0.4 is 10.6 Å². The first-order valence-electron chi connectivity index (χ1n) is 8.18. The largest absolute Gasteiger partial charge is 0.418 e. The summed E-state index contributed by atoms with van der Waals surface area (Å²) < 4.78 is 53.5. The van der Waals surface area contributed by atoms with Gasteiger partial charge in [-0.1, -0.05) is 6.07 Å². The monoisotopic (exact) mass is 352 g/mol. The van der Waals surface area contributed by atoms with Gasteiger partial charge in [0.15, 0.2) is 0 Å². The Morgan fingerprint density at radius 1 is 1.04 bits per heavy atom. The van der Waals surface area contributed by atoms with Gasteiger partial charge >= 0.3 is 6.18 Å². The Kier molecular flexibility index (Phi) is 3.77. The summed E-state index contributed by atoms with van der Waals surface area (Å²) in [6.07, 6.45) is -0.637. The molecule has 2 saturated carbocycles. The fraction of sp³-hybridized carbons (Fsp3) is 0.412. The van der Waals surface area contributed by atoms with E-state index in [2.05, 4.69) is 20.6 Å². The van der Waals surface area contributed by atoms with Gasteiger partial charge in [0.25, 0.3) is 0 Å². The van der Waals surface area contributed by atoms with Crippen molar-refractivity contribution < 1.29 is 17.6 Å². The average Bonchev–Trinajstić information content (AvgIpc) is 3.42. The van der Waals surface area contributed by atoms with Crippen LogP contribution in [0.5, 0.6) is 0 Å². The SMILES string of the molecule is Fc1cccc(C(F)(F)F)c1Nc1cc(C2CC2)nc(NC2CC2)n1. The van der Waals surface area contributed by atoms with Gasteiger partial charge in [0, 0.05) is 18.0 Å². The number of aromatic nitrogens is 2. The number of alkyl halides is 3. The average molecular weight is 352 g/mol. The number of benzene rings is 1. The zero-order valence-electron chi connectivity index (χ0n) is 13.2. The highest BCUT2D eigenvalue weighted by Crippen LogP contribution is 2.41. The Labute approximate surface area is 141 Å². The first-order valence-corrected chi connectivity index (χ1v) is 8.18. The molecule has 2 aliphatic rings. The lowest BCUT2D eigenvalue weighted by Gasteiger charge is -2.16. The van der Waals surface area contributed by atoms with Crippen molar-refractivity contribution in [2.75, 3.05) is 10.6 Å². The molecule has 0 bridgehead atoms. The molecule has 0 amide bonds. The van der Waals surface area contributed by atoms with Crippen LogP contribution >= 0.6 is 0 Å². The number of para-hydroxylation sites is 1. The van der Waals surface area contributed by atoms with Crippen LogP contribution in [0.4, 0.5) is 35.0 Å². The van der Waals surface area contributed by atoms with Gasteiger partial charge in [-0.3, -0.25) is 0 Å². The molecule has 2 aromatic rings. The minimum absolute atomic E-state index is 0.163. The number of nitrogens with one attached hydrogen (secondary N) is 2. The minimum atomic E-state index is -4.66. The summed E-state index contributed by atoms with van der Waals surface area (Å²) in [7, 11) is 0. The third-order valence-corrected chi connectivity index (χ3v) is 4.22. The molecule has 2 fully saturated rings. The van der Waals surface area contributed by atoms with Crippen LogP contribution in [0, 0.1) is 5.82 Å². The molecule has 0 aliphatic heterocycles. The predicted molar refractivity (Wildman–Crippen MR) is 85.3 cm³/mol. The molecule has 2 N–H and O–H groups in total. The second-order valence-corrected chi connectivity index (χ2v) is 6.48. The van der Waals surface area contributed by atoms with Gasteiger partial charge in [-0.2, -0.15) is 18.2 Å². The molecular weight excluding hydrogens is 336 g/mol. The Hall–Kier alpha value is -2.38. The Balaban J connectivity index is 1.69. The quantitative estimate of drug-likeness (QED) is 0.757. The number of rotatable bonds is 5. The Morgan fingerprint density at radius 2 is 1.80 bits per heavy atom. The fourth-order valence-corrected chi connectivity index (χ4v) is 2.61. The smallest absolute Gasteiger partial charge is 0.351 e. The van der Waals surface area contributed by atoms with E-state index >= 15 is 0 Å². The molecular formula is C17H16F4N4. The maximum Gasteiger partial charge on any atom is 0.418 e. The summed E-state index contributed by atoms with van der Waals surface area (Å²) >= 11 is 0. The summed E-state index contributed by atoms with van der Waals surface area (Å²) in [6.45, 7) is 0. The molecule has 0 atom stereocenters. The molecule has 4 rings (SSSR count). The van der Waals surface area contributed by atoms with E-state index in [1.807, 2.05) is 0 Å². The molecule has 0 saturated heterocycles. The van der Waals surface area contributed by atoms with Gasteiger partial charge in [0.05, 0.1) is 16.9 Å². The van der Waals surface area contributed by atoms with E-state index in [0.717, 1.165) is 49.6 Å². The molecule has 4 nitrogen and oxygen atoms in total. The van der Waals surface area contributed by atoms with Crippen molar-refractivity contribution in [3.8, 4) is 0 Å². The summed E-state index contributed by atoms with van der Waals surface area (Å²) in [5, 5.41) is 5.66. The molecule has 25 heavy (non-hydrogen) atoms. The van der Waals surface area contributed by atoms with Gasteiger partial charge in [0.1, 0.15) is 11.6 Å². The van der Waals surface area contributed by atoms with Crippen molar-refractivity contribution in [3.05, 3.63) is 41.3 Å². The van der Waals surface area contributed by atoms with Gasteiger partial charge in [-0.15, -0.1) is 0 Å². The van der Waals surface area contributed by atoms with Crippen molar-refractivity contribution >= 4 is 17.5 Å². The van der Waals surface area contributed by atoms with Crippen molar-refractivity contribution in [1.29, 1.82) is 0 Å². The molecule has 0 spiro atoms.